The number of amides is 1. The van der Waals surface area contributed by atoms with Gasteiger partial charge in [-0.15, -0.1) is 0 Å². The van der Waals surface area contributed by atoms with E-state index in [0.717, 1.165) is 18.9 Å². The minimum atomic E-state index is -1.25. The summed E-state index contributed by atoms with van der Waals surface area (Å²) in [5.74, 6) is -4.48. The summed E-state index contributed by atoms with van der Waals surface area (Å²) in [5.41, 5.74) is 5.07. The zero-order chi connectivity index (χ0) is 20.2. The van der Waals surface area contributed by atoms with E-state index >= 15 is 0 Å². The van der Waals surface area contributed by atoms with Gasteiger partial charge in [0.25, 0.3) is 0 Å². The Bertz CT molecular complexity index is 813. The van der Waals surface area contributed by atoms with Crippen molar-refractivity contribution in [1.82, 2.24) is 4.90 Å². The van der Waals surface area contributed by atoms with Gasteiger partial charge in [-0.2, -0.15) is 0 Å². The van der Waals surface area contributed by atoms with Crippen LogP contribution in [0.4, 0.5) is 13.2 Å². The van der Waals surface area contributed by atoms with E-state index in [2.05, 4.69) is 0 Å². The van der Waals surface area contributed by atoms with E-state index in [1.165, 1.54) is 0 Å². The lowest BCUT2D eigenvalue weighted by Crippen LogP contribution is -2.53. The lowest BCUT2D eigenvalue weighted by molar-refractivity contribution is -0.156. The molecule has 1 aliphatic carbocycles. The number of halogens is 3. The van der Waals surface area contributed by atoms with E-state index in [1.807, 2.05) is 0 Å². The fourth-order valence-electron chi connectivity index (χ4n) is 4.93. The topological polar surface area (TPSA) is 83.6 Å². The van der Waals surface area contributed by atoms with Gasteiger partial charge in [-0.25, -0.2) is 13.2 Å². The standard InChI is InChI=1S/C20H23F3N2O3/c21-14-9-16(23)15(22)7-10(14)8-17(24)11-5-12-1-2-13(6-11)25(12)18(26)20(3-4-20)19(27)28/h7,9,11-13,17H,1-6,8,24H2,(H,27,28)/t11?,12-,13+,17-/m1/s1. The second-order valence-corrected chi connectivity index (χ2v) is 8.44. The first-order valence-corrected chi connectivity index (χ1v) is 9.68. The summed E-state index contributed by atoms with van der Waals surface area (Å²) < 4.78 is 40.5. The molecule has 2 saturated heterocycles. The molecule has 28 heavy (non-hydrogen) atoms. The van der Waals surface area contributed by atoms with Crippen LogP contribution in [0.5, 0.6) is 0 Å². The summed E-state index contributed by atoms with van der Waals surface area (Å²) in [6.45, 7) is 0. The monoisotopic (exact) mass is 396 g/mol. The van der Waals surface area contributed by atoms with Crippen molar-refractivity contribution in [3.63, 3.8) is 0 Å². The molecule has 1 unspecified atom stereocenters. The first-order chi connectivity index (χ1) is 13.2. The van der Waals surface area contributed by atoms with Crippen molar-refractivity contribution in [2.75, 3.05) is 0 Å². The van der Waals surface area contributed by atoms with Gasteiger partial charge in [0.15, 0.2) is 11.6 Å². The second-order valence-electron chi connectivity index (χ2n) is 8.44. The number of fused-ring (bicyclic) bond motifs is 2. The van der Waals surface area contributed by atoms with Crippen molar-refractivity contribution in [1.29, 1.82) is 0 Å². The van der Waals surface area contributed by atoms with Crippen molar-refractivity contribution < 1.29 is 27.9 Å². The average molecular weight is 396 g/mol. The number of hydrogen-bond acceptors (Lipinski definition) is 3. The zero-order valence-electron chi connectivity index (χ0n) is 15.3. The van der Waals surface area contributed by atoms with Crippen LogP contribution in [0.1, 0.15) is 44.1 Å². The van der Waals surface area contributed by atoms with Crippen LogP contribution in [0.3, 0.4) is 0 Å². The van der Waals surface area contributed by atoms with Gasteiger partial charge in [-0.05, 0) is 62.5 Å². The Kier molecular flexibility index (Phi) is 4.64. The van der Waals surface area contributed by atoms with Gasteiger partial charge in [0.2, 0.25) is 5.91 Å². The summed E-state index contributed by atoms with van der Waals surface area (Å²) in [5, 5.41) is 9.41. The number of carbonyl (C=O) groups excluding carboxylic acids is 1. The predicted octanol–water partition coefficient (Wildman–Crippen LogP) is 2.61. The highest BCUT2D eigenvalue weighted by Gasteiger charge is 2.61. The first-order valence-electron chi connectivity index (χ1n) is 9.68. The summed E-state index contributed by atoms with van der Waals surface area (Å²) in [6, 6.07) is 0.808. The first kappa shape index (κ1) is 19.2. The molecule has 1 saturated carbocycles. The zero-order valence-corrected chi connectivity index (χ0v) is 15.3. The molecule has 0 spiro atoms. The molecule has 1 aromatic rings. The highest BCUT2D eigenvalue weighted by atomic mass is 19.2. The lowest BCUT2D eigenvalue weighted by Gasteiger charge is -2.42. The quantitative estimate of drug-likeness (QED) is 0.592. The predicted molar refractivity (Wildman–Crippen MR) is 93.7 cm³/mol. The number of carbonyl (C=O) groups is 2. The third-order valence-corrected chi connectivity index (χ3v) is 6.72. The van der Waals surface area contributed by atoms with Crippen LogP contribution in [-0.4, -0.2) is 40.0 Å². The second kappa shape index (κ2) is 6.76. The molecule has 0 aromatic heterocycles. The van der Waals surface area contributed by atoms with Crippen molar-refractivity contribution in [2.24, 2.45) is 17.1 Å². The summed E-state index contributed by atoms with van der Waals surface area (Å²) in [7, 11) is 0. The molecule has 3 fully saturated rings. The molecule has 3 aliphatic rings. The van der Waals surface area contributed by atoms with Crippen LogP contribution in [0, 0.1) is 28.8 Å². The molecule has 152 valence electrons. The van der Waals surface area contributed by atoms with E-state index in [4.69, 9.17) is 5.73 Å². The number of nitrogens with two attached hydrogens (primary N) is 1. The number of carboxylic acid groups (broad SMARTS) is 1. The van der Waals surface area contributed by atoms with Crippen LogP contribution in [-0.2, 0) is 16.0 Å². The molecular formula is C20H23F3N2O3. The van der Waals surface area contributed by atoms with Gasteiger partial charge < -0.3 is 15.7 Å². The van der Waals surface area contributed by atoms with E-state index < -0.39 is 34.9 Å². The van der Waals surface area contributed by atoms with Crippen LogP contribution in [0.25, 0.3) is 0 Å². The SMILES string of the molecule is N[C@H](Cc1cc(F)c(F)cc1F)C1C[C@H]2CC[C@@H](C1)N2C(=O)C1(C(=O)O)CC1. The van der Waals surface area contributed by atoms with Gasteiger partial charge in [0.05, 0.1) is 0 Å². The average Bonchev–Trinajstić information content (AvgIpc) is 3.41. The molecule has 1 amide bonds. The van der Waals surface area contributed by atoms with Crippen LogP contribution in [0.15, 0.2) is 12.1 Å². The molecule has 1 aromatic carbocycles. The highest BCUT2D eigenvalue weighted by molar-refractivity contribution is 6.05. The molecule has 2 heterocycles. The smallest absolute Gasteiger partial charge is 0.319 e. The maximum absolute atomic E-state index is 13.9. The fourth-order valence-corrected chi connectivity index (χ4v) is 4.93. The Morgan fingerprint density at radius 2 is 1.68 bits per heavy atom. The molecule has 2 bridgehead atoms. The van der Waals surface area contributed by atoms with Crippen molar-refractivity contribution >= 4 is 11.9 Å². The normalized spacial score (nSPS) is 28.9. The summed E-state index contributed by atoms with van der Waals surface area (Å²) >= 11 is 0. The third-order valence-electron chi connectivity index (χ3n) is 6.72. The Labute approximate surface area is 160 Å². The Morgan fingerprint density at radius 3 is 2.21 bits per heavy atom. The van der Waals surface area contributed by atoms with E-state index in [-0.39, 0.29) is 35.9 Å². The number of rotatable bonds is 5. The van der Waals surface area contributed by atoms with Crippen molar-refractivity contribution in [2.45, 2.75) is 63.1 Å². The number of aliphatic carboxylic acids is 1. The molecule has 5 nitrogen and oxygen atoms in total. The van der Waals surface area contributed by atoms with Gasteiger partial charge in [0, 0.05) is 24.2 Å². The Balaban J connectivity index is 1.45. The maximum atomic E-state index is 13.9. The molecule has 3 N–H and O–H groups in total. The van der Waals surface area contributed by atoms with E-state index in [0.29, 0.717) is 31.7 Å². The van der Waals surface area contributed by atoms with Crippen molar-refractivity contribution in [3.8, 4) is 0 Å². The molecule has 4 rings (SSSR count). The van der Waals surface area contributed by atoms with Crippen molar-refractivity contribution in [3.05, 3.63) is 35.1 Å². The molecule has 8 heteroatoms. The van der Waals surface area contributed by atoms with Crippen LogP contribution in [0.2, 0.25) is 0 Å². The highest BCUT2D eigenvalue weighted by Crippen LogP contribution is 2.51. The number of carboxylic acids is 1. The number of hydrogen-bond donors (Lipinski definition) is 2. The van der Waals surface area contributed by atoms with Crippen LogP contribution < -0.4 is 5.73 Å². The van der Waals surface area contributed by atoms with Crippen LogP contribution >= 0.6 is 0 Å². The Hall–Kier alpha value is -2.09. The Morgan fingerprint density at radius 1 is 1.11 bits per heavy atom. The molecular weight excluding hydrogens is 373 g/mol. The third kappa shape index (κ3) is 3.07. The fraction of sp³-hybridized carbons (Fsp3) is 0.600. The maximum Gasteiger partial charge on any atom is 0.319 e. The minimum Gasteiger partial charge on any atom is -0.480 e. The van der Waals surface area contributed by atoms with E-state index in [1.54, 1.807) is 4.90 Å². The van der Waals surface area contributed by atoms with Gasteiger partial charge >= 0.3 is 5.97 Å². The summed E-state index contributed by atoms with van der Waals surface area (Å²) in [6.07, 6.45) is 3.68. The number of nitrogens with zero attached hydrogens (tertiary/aromatic N) is 1. The molecule has 4 atom stereocenters. The molecule has 0 radical (unpaired) electrons. The number of piperidine rings is 1. The number of benzene rings is 1. The molecule has 2 aliphatic heterocycles. The van der Waals surface area contributed by atoms with Gasteiger partial charge in [-0.1, -0.05) is 0 Å². The van der Waals surface area contributed by atoms with Gasteiger partial charge in [0.1, 0.15) is 11.2 Å². The van der Waals surface area contributed by atoms with Gasteiger partial charge in [-0.3, -0.25) is 9.59 Å². The summed E-state index contributed by atoms with van der Waals surface area (Å²) in [4.78, 5) is 26.1. The largest absolute Gasteiger partial charge is 0.480 e. The van der Waals surface area contributed by atoms with E-state index in [9.17, 15) is 27.9 Å². The lowest BCUT2D eigenvalue weighted by atomic mass is 9.82. The minimum absolute atomic E-state index is 0.00838.